The summed E-state index contributed by atoms with van der Waals surface area (Å²) in [6.07, 6.45) is 2.30. The third kappa shape index (κ3) is 3.17. The van der Waals surface area contributed by atoms with Gasteiger partial charge < -0.3 is 0 Å². The molecule has 1 N–H and O–H groups in total. The summed E-state index contributed by atoms with van der Waals surface area (Å²) in [5.41, 5.74) is 1.11. The van der Waals surface area contributed by atoms with Crippen LogP contribution in [0.25, 0.3) is 0 Å². The lowest BCUT2D eigenvalue weighted by Crippen LogP contribution is -2.12. The number of thiazole rings is 1. The topological polar surface area (TPSA) is 76.1 Å². The van der Waals surface area contributed by atoms with Crippen LogP contribution in [-0.2, 0) is 9.84 Å². The molecule has 0 unspecified atom stereocenters. The number of nitrogens with zero attached hydrogens (tertiary/aromatic N) is 1. The summed E-state index contributed by atoms with van der Waals surface area (Å²) in [4.78, 5) is 15.9. The average Bonchev–Trinajstić information content (AvgIpc) is 2.81. The van der Waals surface area contributed by atoms with Crippen molar-refractivity contribution >= 4 is 43.8 Å². The molecule has 20 heavy (non-hydrogen) atoms. The lowest BCUT2D eigenvalue weighted by atomic mass is 10.1. The Labute approximate surface area is 125 Å². The molecular weight excluding hydrogens is 320 g/mol. The quantitative estimate of drug-likeness (QED) is 0.938. The Morgan fingerprint density at radius 1 is 1.40 bits per heavy atom. The van der Waals surface area contributed by atoms with Crippen LogP contribution >= 0.6 is 22.9 Å². The van der Waals surface area contributed by atoms with Crippen molar-refractivity contribution in [3.63, 3.8) is 0 Å². The molecule has 0 bridgehead atoms. The van der Waals surface area contributed by atoms with Gasteiger partial charge in [0.1, 0.15) is 4.21 Å². The molecule has 8 heteroatoms. The first-order valence-corrected chi connectivity index (χ1v) is 8.60. The van der Waals surface area contributed by atoms with Gasteiger partial charge in [0.15, 0.2) is 15.0 Å². The molecule has 1 amide bonds. The summed E-state index contributed by atoms with van der Waals surface area (Å²) in [5, 5.41) is 3.12. The number of carbonyl (C=O) groups excluding carboxylic acids is 1. The summed E-state index contributed by atoms with van der Waals surface area (Å²) in [6.45, 7) is 1.80. The van der Waals surface area contributed by atoms with Crippen LogP contribution in [0.15, 0.2) is 28.6 Å². The Morgan fingerprint density at radius 2 is 2.10 bits per heavy atom. The van der Waals surface area contributed by atoms with E-state index in [0.717, 1.165) is 23.2 Å². The molecule has 106 valence electrons. The van der Waals surface area contributed by atoms with Crippen LogP contribution in [0.3, 0.4) is 0 Å². The molecule has 0 saturated heterocycles. The van der Waals surface area contributed by atoms with Crippen LogP contribution in [0, 0.1) is 6.92 Å². The monoisotopic (exact) mass is 330 g/mol. The number of nitrogens with one attached hydrogen (secondary N) is 1. The van der Waals surface area contributed by atoms with Gasteiger partial charge in [-0.05, 0) is 18.6 Å². The van der Waals surface area contributed by atoms with E-state index in [-0.39, 0.29) is 9.34 Å². The molecule has 2 aromatic rings. The molecule has 5 nitrogen and oxygen atoms in total. The van der Waals surface area contributed by atoms with Gasteiger partial charge in [0, 0.05) is 6.26 Å². The van der Waals surface area contributed by atoms with Crippen molar-refractivity contribution in [2.24, 2.45) is 0 Å². The van der Waals surface area contributed by atoms with Gasteiger partial charge in [-0.2, -0.15) is 0 Å². The van der Waals surface area contributed by atoms with E-state index < -0.39 is 15.7 Å². The maximum atomic E-state index is 12.1. The van der Waals surface area contributed by atoms with Crippen LogP contribution < -0.4 is 5.32 Å². The number of carbonyl (C=O) groups is 1. The summed E-state index contributed by atoms with van der Waals surface area (Å²) in [6, 6.07) is 5.11. The average molecular weight is 331 g/mol. The lowest BCUT2D eigenvalue weighted by Gasteiger charge is -2.05. The Hall–Kier alpha value is -1.44. The minimum absolute atomic E-state index is 0.100. The predicted octanol–water partition coefficient (Wildman–Crippen LogP) is 2.76. The normalized spacial score (nSPS) is 11.3. The van der Waals surface area contributed by atoms with Crippen molar-refractivity contribution in [2.75, 3.05) is 11.6 Å². The van der Waals surface area contributed by atoms with Gasteiger partial charge in [-0.15, -0.1) is 0 Å². The molecule has 1 heterocycles. The molecule has 0 atom stereocenters. The van der Waals surface area contributed by atoms with Crippen molar-refractivity contribution < 1.29 is 13.2 Å². The van der Waals surface area contributed by atoms with Crippen molar-refractivity contribution in [1.82, 2.24) is 4.98 Å². The van der Waals surface area contributed by atoms with Crippen LogP contribution in [0.5, 0.6) is 0 Å². The van der Waals surface area contributed by atoms with E-state index in [1.54, 1.807) is 25.1 Å². The van der Waals surface area contributed by atoms with E-state index >= 15 is 0 Å². The highest BCUT2D eigenvalue weighted by molar-refractivity contribution is 7.92. The third-order valence-electron chi connectivity index (χ3n) is 2.51. The standard InChI is InChI=1S/C12H11ClN2O3S2/c1-7-4-3-5-8(10(7)13)11(16)15-12-14-6-9(19-12)20(2,17)18/h3-6H,1-2H3,(H,14,15,16). The maximum absolute atomic E-state index is 12.1. The number of hydrogen-bond donors (Lipinski definition) is 1. The molecule has 2 rings (SSSR count). The molecule has 0 fully saturated rings. The summed E-state index contributed by atoms with van der Waals surface area (Å²) in [7, 11) is -3.32. The summed E-state index contributed by atoms with van der Waals surface area (Å²) >= 11 is 6.96. The molecule has 0 aliphatic carbocycles. The first kappa shape index (κ1) is 15.0. The molecule has 0 saturated carbocycles. The van der Waals surface area contributed by atoms with Crippen molar-refractivity contribution in [1.29, 1.82) is 0 Å². The number of aromatic nitrogens is 1. The minimum Gasteiger partial charge on any atom is -0.298 e. The van der Waals surface area contributed by atoms with Gasteiger partial charge >= 0.3 is 0 Å². The van der Waals surface area contributed by atoms with Gasteiger partial charge in [-0.25, -0.2) is 13.4 Å². The number of hydrogen-bond acceptors (Lipinski definition) is 5. The number of sulfone groups is 1. The Kier molecular flexibility index (Phi) is 4.12. The minimum atomic E-state index is -3.32. The first-order chi connectivity index (χ1) is 9.29. The lowest BCUT2D eigenvalue weighted by molar-refractivity contribution is 0.102. The fourth-order valence-electron chi connectivity index (χ4n) is 1.48. The Bertz CT molecular complexity index is 769. The highest BCUT2D eigenvalue weighted by Gasteiger charge is 2.16. The van der Waals surface area contributed by atoms with E-state index in [0.29, 0.717) is 10.6 Å². The number of anilines is 1. The summed E-state index contributed by atoms with van der Waals surface area (Å²) in [5.74, 6) is -0.423. The van der Waals surface area contributed by atoms with Crippen molar-refractivity contribution in [3.05, 3.63) is 40.5 Å². The second kappa shape index (κ2) is 5.51. The van der Waals surface area contributed by atoms with Gasteiger partial charge in [-0.3, -0.25) is 10.1 Å². The first-order valence-electron chi connectivity index (χ1n) is 5.51. The zero-order valence-corrected chi connectivity index (χ0v) is 13.1. The maximum Gasteiger partial charge on any atom is 0.258 e. The molecular formula is C12H11ClN2O3S2. The molecule has 0 aliphatic heterocycles. The SMILES string of the molecule is Cc1cccc(C(=O)Nc2ncc(S(C)(=O)=O)s2)c1Cl. The predicted molar refractivity (Wildman–Crippen MR) is 79.4 cm³/mol. The fourth-order valence-corrected chi connectivity index (χ4v) is 3.32. The van der Waals surface area contributed by atoms with Gasteiger partial charge in [0.25, 0.3) is 5.91 Å². The number of halogens is 1. The number of amides is 1. The Morgan fingerprint density at radius 3 is 2.70 bits per heavy atom. The van der Waals surface area contributed by atoms with Gasteiger partial charge in [-0.1, -0.05) is 35.1 Å². The van der Waals surface area contributed by atoms with Gasteiger partial charge in [0.2, 0.25) is 0 Å². The van der Waals surface area contributed by atoms with Gasteiger partial charge in [0.05, 0.1) is 16.8 Å². The molecule has 0 radical (unpaired) electrons. The number of benzene rings is 1. The third-order valence-corrected chi connectivity index (χ3v) is 5.71. The van der Waals surface area contributed by atoms with Crippen LogP contribution in [-0.4, -0.2) is 25.6 Å². The van der Waals surface area contributed by atoms with Crippen LogP contribution in [0.2, 0.25) is 5.02 Å². The van der Waals surface area contributed by atoms with Crippen molar-refractivity contribution in [3.8, 4) is 0 Å². The fraction of sp³-hybridized carbons (Fsp3) is 0.167. The zero-order chi connectivity index (χ0) is 14.9. The summed E-state index contributed by atoms with van der Waals surface area (Å²) < 4.78 is 22.8. The second-order valence-electron chi connectivity index (χ2n) is 4.15. The molecule has 1 aromatic carbocycles. The van der Waals surface area contributed by atoms with Crippen molar-refractivity contribution in [2.45, 2.75) is 11.1 Å². The number of rotatable bonds is 3. The van der Waals surface area contributed by atoms with E-state index in [9.17, 15) is 13.2 Å². The van der Waals surface area contributed by atoms with E-state index in [1.807, 2.05) is 0 Å². The van der Waals surface area contributed by atoms with E-state index in [1.165, 1.54) is 6.20 Å². The van der Waals surface area contributed by atoms with Crippen LogP contribution in [0.4, 0.5) is 5.13 Å². The molecule has 1 aromatic heterocycles. The zero-order valence-electron chi connectivity index (χ0n) is 10.7. The van der Waals surface area contributed by atoms with E-state index in [4.69, 9.17) is 11.6 Å². The Balaban J connectivity index is 2.24. The molecule has 0 spiro atoms. The molecule has 0 aliphatic rings. The highest BCUT2D eigenvalue weighted by Crippen LogP contribution is 2.25. The number of aryl methyl sites for hydroxylation is 1. The van der Waals surface area contributed by atoms with E-state index in [2.05, 4.69) is 10.3 Å². The highest BCUT2D eigenvalue weighted by atomic mass is 35.5. The largest absolute Gasteiger partial charge is 0.298 e. The second-order valence-corrected chi connectivity index (χ2v) is 7.80. The van der Waals surface area contributed by atoms with Crippen LogP contribution in [0.1, 0.15) is 15.9 Å². The smallest absolute Gasteiger partial charge is 0.258 e.